The fraction of sp³-hybridized carbons (Fsp3) is 0.250. The van der Waals surface area contributed by atoms with Crippen molar-refractivity contribution in [3.05, 3.63) is 95.4 Å². The zero-order valence-electron chi connectivity index (χ0n) is 17.1. The second-order valence-electron chi connectivity index (χ2n) is 6.29. The maximum Gasteiger partial charge on any atom is 0.123 e. The minimum absolute atomic E-state index is 0.240. The maximum absolute atomic E-state index is 13.4. The van der Waals surface area contributed by atoms with E-state index in [1.54, 1.807) is 0 Å². The van der Waals surface area contributed by atoms with Gasteiger partial charge in [-0.05, 0) is 54.5 Å². The van der Waals surface area contributed by atoms with Crippen LogP contribution in [0.3, 0.4) is 0 Å². The normalized spacial score (nSPS) is 14.9. The van der Waals surface area contributed by atoms with Gasteiger partial charge in [-0.15, -0.1) is 0 Å². The number of nitrogens with zero attached hydrogens (tertiary/aromatic N) is 3. The van der Waals surface area contributed by atoms with E-state index in [4.69, 9.17) is 14.8 Å². The number of rotatable bonds is 5. The zero-order chi connectivity index (χ0) is 20.6. The summed E-state index contributed by atoms with van der Waals surface area (Å²) in [6.45, 7) is 7.10. The summed E-state index contributed by atoms with van der Waals surface area (Å²) in [5.41, 5.74) is 5.65. The van der Waals surface area contributed by atoms with Crippen LogP contribution in [0.4, 0.5) is 4.39 Å². The van der Waals surface area contributed by atoms with Gasteiger partial charge in [-0.1, -0.05) is 38.1 Å². The molecule has 0 amide bonds. The molecule has 0 atom stereocenters. The first-order valence-electron chi connectivity index (χ1n) is 9.99. The van der Waals surface area contributed by atoms with Gasteiger partial charge in [0, 0.05) is 19.2 Å². The number of halogens is 1. The van der Waals surface area contributed by atoms with Gasteiger partial charge < -0.3 is 4.74 Å². The van der Waals surface area contributed by atoms with Gasteiger partial charge in [-0.25, -0.2) is 14.4 Å². The highest BCUT2D eigenvalue weighted by Crippen LogP contribution is 2.33. The summed E-state index contributed by atoms with van der Waals surface area (Å²) in [5, 5.41) is 6.62. The van der Waals surface area contributed by atoms with Crippen LogP contribution >= 0.6 is 0 Å². The molecule has 150 valence electrons. The number of hydrogen-bond acceptors (Lipinski definition) is 4. The van der Waals surface area contributed by atoms with Crippen LogP contribution in [0, 0.1) is 5.82 Å². The highest BCUT2D eigenvalue weighted by atomic mass is 19.1. The van der Waals surface area contributed by atoms with Crippen LogP contribution in [0.15, 0.2) is 77.7 Å². The van der Waals surface area contributed by atoms with E-state index in [1.807, 2.05) is 80.5 Å². The Balaban J connectivity index is 0.00000117. The molecule has 0 spiro atoms. The van der Waals surface area contributed by atoms with Gasteiger partial charge >= 0.3 is 0 Å². The van der Waals surface area contributed by atoms with Crippen LogP contribution < -0.4 is 0 Å². The summed E-state index contributed by atoms with van der Waals surface area (Å²) in [4.78, 5) is 4.71. The third kappa shape index (κ3) is 4.87. The Labute approximate surface area is 171 Å². The standard InChI is InChI=1S/C22H20FN3O.C2H6/c1-2-27-15-18-6-5-7-20(24-18)21-14-19(16-9-11-17(23)12-10-16)22-8-3-4-13-26(22)25-21;1-2/h3-13H,2,14-15H2,1H3;1-2H3. The summed E-state index contributed by atoms with van der Waals surface area (Å²) >= 11 is 0. The molecular weight excluding hydrogens is 365 g/mol. The van der Waals surface area contributed by atoms with Gasteiger partial charge in [0.15, 0.2) is 0 Å². The molecule has 0 aliphatic carbocycles. The summed E-state index contributed by atoms with van der Waals surface area (Å²) in [6, 6.07) is 12.5. The Bertz CT molecular complexity index is 958. The largest absolute Gasteiger partial charge is 0.375 e. The van der Waals surface area contributed by atoms with Gasteiger partial charge in [0.05, 0.1) is 29.4 Å². The Morgan fingerprint density at radius 1 is 1.07 bits per heavy atom. The van der Waals surface area contributed by atoms with Crippen LogP contribution in [0.5, 0.6) is 0 Å². The lowest BCUT2D eigenvalue weighted by Crippen LogP contribution is -2.22. The van der Waals surface area contributed by atoms with Gasteiger partial charge in [0.1, 0.15) is 5.82 Å². The van der Waals surface area contributed by atoms with E-state index >= 15 is 0 Å². The summed E-state index contributed by atoms with van der Waals surface area (Å²) in [5.74, 6) is -0.240. The molecule has 4 rings (SSSR count). The second-order valence-corrected chi connectivity index (χ2v) is 6.29. The van der Waals surface area contributed by atoms with E-state index < -0.39 is 0 Å². The van der Waals surface area contributed by atoms with E-state index in [1.165, 1.54) is 12.1 Å². The summed E-state index contributed by atoms with van der Waals surface area (Å²) in [6.07, 6.45) is 8.49. The molecule has 2 aliphatic heterocycles. The van der Waals surface area contributed by atoms with Crippen LogP contribution in [0.25, 0.3) is 5.57 Å². The smallest absolute Gasteiger partial charge is 0.123 e. The van der Waals surface area contributed by atoms with Crippen molar-refractivity contribution in [2.24, 2.45) is 5.10 Å². The van der Waals surface area contributed by atoms with E-state index in [9.17, 15) is 4.39 Å². The van der Waals surface area contributed by atoms with Crippen molar-refractivity contribution in [3.8, 4) is 0 Å². The number of benzene rings is 1. The Morgan fingerprint density at radius 2 is 1.86 bits per heavy atom. The molecule has 0 saturated carbocycles. The lowest BCUT2D eigenvalue weighted by Gasteiger charge is -2.28. The Morgan fingerprint density at radius 3 is 2.62 bits per heavy atom. The third-order valence-electron chi connectivity index (χ3n) is 4.47. The molecule has 5 heteroatoms. The van der Waals surface area contributed by atoms with Crippen molar-refractivity contribution in [2.75, 3.05) is 6.61 Å². The van der Waals surface area contributed by atoms with Gasteiger partial charge in [0.25, 0.3) is 0 Å². The topological polar surface area (TPSA) is 37.7 Å². The number of hydrazone groups is 1. The molecule has 2 aliphatic rings. The molecule has 4 nitrogen and oxygen atoms in total. The lowest BCUT2D eigenvalue weighted by atomic mass is 9.94. The summed E-state index contributed by atoms with van der Waals surface area (Å²) in [7, 11) is 0. The van der Waals surface area contributed by atoms with Gasteiger partial charge in [-0.3, -0.25) is 0 Å². The monoisotopic (exact) mass is 391 g/mol. The van der Waals surface area contributed by atoms with Gasteiger partial charge in [-0.2, -0.15) is 5.10 Å². The first kappa shape index (κ1) is 20.7. The second kappa shape index (κ2) is 9.94. The SMILES string of the molecule is CC.CCOCc1cccc(C2=NN3C=CC=CC3=C(c3ccc(F)cc3)C2)n1. The van der Waals surface area contributed by atoms with Crippen molar-refractivity contribution >= 4 is 11.3 Å². The quantitative estimate of drug-likeness (QED) is 0.657. The minimum atomic E-state index is -0.240. The number of pyridine rings is 1. The van der Waals surface area contributed by atoms with E-state index in [2.05, 4.69) is 0 Å². The maximum atomic E-state index is 13.4. The Kier molecular flexibility index (Phi) is 7.09. The zero-order valence-corrected chi connectivity index (χ0v) is 17.1. The van der Waals surface area contributed by atoms with Crippen molar-refractivity contribution in [1.29, 1.82) is 0 Å². The van der Waals surface area contributed by atoms with E-state index in [-0.39, 0.29) is 5.82 Å². The first-order valence-corrected chi connectivity index (χ1v) is 9.99. The molecule has 0 N–H and O–H groups in total. The number of fused-ring (bicyclic) bond motifs is 1. The average Bonchev–Trinajstić information content (AvgIpc) is 2.79. The van der Waals surface area contributed by atoms with Gasteiger partial charge in [0.2, 0.25) is 0 Å². The van der Waals surface area contributed by atoms with E-state index in [0.717, 1.165) is 33.9 Å². The van der Waals surface area contributed by atoms with Crippen molar-refractivity contribution in [3.63, 3.8) is 0 Å². The average molecular weight is 391 g/mol. The number of ether oxygens (including phenoxy) is 1. The highest BCUT2D eigenvalue weighted by molar-refractivity contribution is 6.06. The molecule has 0 saturated heterocycles. The number of hydrogen-bond donors (Lipinski definition) is 0. The summed E-state index contributed by atoms with van der Waals surface area (Å²) < 4.78 is 18.8. The fourth-order valence-corrected chi connectivity index (χ4v) is 3.15. The first-order chi connectivity index (χ1) is 14.2. The molecule has 1 aromatic carbocycles. The number of allylic oxidation sites excluding steroid dienone is 4. The van der Waals surface area contributed by atoms with E-state index in [0.29, 0.717) is 19.6 Å². The van der Waals surface area contributed by atoms with Crippen LogP contribution in [-0.2, 0) is 11.3 Å². The highest BCUT2D eigenvalue weighted by Gasteiger charge is 2.23. The van der Waals surface area contributed by atoms with Crippen molar-refractivity contribution in [2.45, 2.75) is 33.8 Å². The predicted octanol–water partition coefficient (Wildman–Crippen LogP) is 5.69. The number of aromatic nitrogens is 1. The molecular formula is C24H26FN3O. The Hall–Kier alpha value is -3.05. The predicted molar refractivity (Wildman–Crippen MR) is 116 cm³/mol. The molecule has 0 bridgehead atoms. The van der Waals surface area contributed by atoms with Crippen LogP contribution in [-0.4, -0.2) is 22.3 Å². The lowest BCUT2D eigenvalue weighted by molar-refractivity contribution is 0.131. The molecule has 29 heavy (non-hydrogen) atoms. The molecule has 2 aromatic rings. The fourth-order valence-electron chi connectivity index (χ4n) is 3.15. The molecule has 3 heterocycles. The van der Waals surface area contributed by atoms with Crippen molar-refractivity contribution < 1.29 is 9.13 Å². The minimum Gasteiger partial charge on any atom is -0.375 e. The molecule has 0 fully saturated rings. The molecule has 1 aromatic heterocycles. The third-order valence-corrected chi connectivity index (χ3v) is 4.47. The van der Waals surface area contributed by atoms with Crippen molar-refractivity contribution in [1.82, 2.24) is 9.99 Å². The molecule has 0 unspecified atom stereocenters. The van der Waals surface area contributed by atoms with Crippen LogP contribution in [0.2, 0.25) is 0 Å². The molecule has 0 radical (unpaired) electrons. The van der Waals surface area contributed by atoms with Crippen LogP contribution in [0.1, 0.15) is 44.1 Å².